The largest absolute Gasteiger partial charge is 0.289 e. The average Bonchev–Trinajstić information content (AvgIpc) is 2.03. The van der Waals surface area contributed by atoms with E-state index in [1.807, 2.05) is 6.92 Å². The summed E-state index contributed by atoms with van der Waals surface area (Å²) < 4.78 is 0. The van der Waals surface area contributed by atoms with Gasteiger partial charge in [-0.1, -0.05) is 18.2 Å². The Morgan fingerprint density at radius 3 is 2.54 bits per heavy atom. The van der Waals surface area contributed by atoms with Crippen LogP contribution in [-0.4, -0.2) is 5.78 Å². The average molecular weight is 195 g/mol. The summed E-state index contributed by atoms with van der Waals surface area (Å²) in [5, 5.41) is 0.649. The molecule has 0 atom stereocenters. The van der Waals surface area contributed by atoms with Gasteiger partial charge in [0.1, 0.15) is 0 Å². The quantitative estimate of drug-likeness (QED) is 0.521. The van der Waals surface area contributed by atoms with E-state index in [9.17, 15) is 4.79 Å². The van der Waals surface area contributed by atoms with Gasteiger partial charge in [0.2, 0.25) is 0 Å². The van der Waals surface area contributed by atoms with Crippen molar-refractivity contribution in [3.05, 3.63) is 46.5 Å². The fourth-order valence-corrected chi connectivity index (χ4v) is 1.34. The van der Waals surface area contributed by atoms with Crippen molar-refractivity contribution in [3.8, 4) is 0 Å². The summed E-state index contributed by atoms with van der Waals surface area (Å²) in [6.07, 6.45) is 0. The summed E-state index contributed by atoms with van der Waals surface area (Å²) in [4.78, 5) is 11.5. The minimum atomic E-state index is -0.0193. The molecule has 1 nitrogen and oxygen atoms in total. The van der Waals surface area contributed by atoms with Gasteiger partial charge in [-0.3, -0.25) is 4.79 Å². The highest BCUT2D eigenvalue weighted by molar-refractivity contribution is 6.30. The summed E-state index contributed by atoms with van der Waals surface area (Å²) in [6.45, 7) is 7.18. The third-order valence-electron chi connectivity index (χ3n) is 1.82. The molecule has 0 aliphatic rings. The van der Waals surface area contributed by atoms with E-state index in [2.05, 4.69) is 6.58 Å². The topological polar surface area (TPSA) is 17.1 Å². The lowest BCUT2D eigenvalue weighted by molar-refractivity contribution is 0.103. The maximum absolute atomic E-state index is 11.5. The van der Waals surface area contributed by atoms with Crippen LogP contribution in [-0.2, 0) is 0 Å². The maximum Gasteiger partial charge on any atom is 0.188 e. The summed E-state index contributed by atoms with van der Waals surface area (Å²) >= 11 is 5.77. The van der Waals surface area contributed by atoms with Crippen LogP contribution in [0.2, 0.25) is 5.02 Å². The summed E-state index contributed by atoms with van der Waals surface area (Å²) in [5.41, 5.74) is 2.11. The number of halogens is 1. The van der Waals surface area contributed by atoms with Gasteiger partial charge in [-0.2, -0.15) is 0 Å². The van der Waals surface area contributed by atoms with Crippen molar-refractivity contribution < 1.29 is 4.79 Å². The van der Waals surface area contributed by atoms with Gasteiger partial charge in [0, 0.05) is 10.6 Å². The zero-order valence-corrected chi connectivity index (χ0v) is 8.48. The zero-order chi connectivity index (χ0) is 10.0. The predicted molar refractivity (Wildman–Crippen MR) is 55.3 cm³/mol. The molecule has 0 N–H and O–H groups in total. The number of allylic oxidation sites excluding steroid dienone is 1. The Hall–Kier alpha value is -1.08. The van der Waals surface area contributed by atoms with Gasteiger partial charge in [0.25, 0.3) is 0 Å². The summed E-state index contributed by atoms with van der Waals surface area (Å²) in [6, 6.07) is 5.22. The van der Waals surface area contributed by atoms with Gasteiger partial charge >= 0.3 is 0 Å². The molecular weight excluding hydrogens is 184 g/mol. The second-order valence-electron chi connectivity index (χ2n) is 3.07. The molecule has 0 bridgehead atoms. The summed E-state index contributed by atoms with van der Waals surface area (Å²) in [5.74, 6) is -0.0193. The number of benzene rings is 1. The SMILES string of the molecule is C=C(C)C(=O)c1ccc(Cl)cc1C. The van der Waals surface area contributed by atoms with Gasteiger partial charge in [-0.15, -0.1) is 0 Å². The fraction of sp³-hybridized carbons (Fsp3) is 0.182. The number of rotatable bonds is 2. The van der Waals surface area contributed by atoms with E-state index in [0.717, 1.165) is 5.56 Å². The van der Waals surface area contributed by atoms with E-state index in [-0.39, 0.29) is 5.78 Å². The van der Waals surface area contributed by atoms with E-state index < -0.39 is 0 Å². The smallest absolute Gasteiger partial charge is 0.188 e. The van der Waals surface area contributed by atoms with Gasteiger partial charge < -0.3 is 0 Å². The molecule has 0 saturated heterocycles. The summed E-state index contributed by atoms with van der Waals surface area (Å²) in [7, 11) is 0. The first-order valence-electron chi connectivity index (χ1n) is 3.98. The third-order valence-corrected chi connectivity index (χ3v) is 2.06. The Morgan fingerprint density at radius 1 is 1.46 bits per heavy atom. The molecule has 0 aliphatic carbocycles. The number of ketones is 1. The highest BCUT2D eigenvalue weighted by atomic mass is 35.5. The van der Waals surface area contributed by atoms with Crippen molar-refractivity contribution in [2.75, 3.05) is 0 Å². The molecule has 0 fully saturated rings. The molecule has 1 rings (SSSR count). The zero-order valence-electron chi connectivity index (χ0n) is 7.73. The van der Waals surface area contributed by atoms with Gasteiger partial charge in [-0.05, 0) is 43.2 Å². The van der Waals surface area contributed by atoms with Crippen LogP contribution in [0, 0.1) is 6.92 Å². The number of carbonyl (C=O) groups excluding carboxylic acids is 1. The monoisotopic (exact) mass is 194 g/mol. The highest BCUT2D eigenvalue weighted by Crippen LogP contribution is 2.17. The van der Waals surface area contributed by atoms with Crippen LogP contribution in [0.5, 0.6) is 0 Å². The number of carbonyl (C=O) groups is 1. The molecule has 0 amide bonds. The van der Waals surface area contributed by atoms with Crippen LogP contribution >= 0.6 is 11.6 Å². The minimum absolute atomic E-state index is 0.0193. The molecule has 68 valence electrons. The van der Waals surface area contributed by atoms with Crippen LogP contribution in [0.1, 0.15) is 22.8 Å². The molecule has 0 aliphatic heterocycles. The molecular formula is C11H11ClO. The third kappa shape index (κ3) is 2.19. The van der Waals surface area contributed by atoms with Gasteiger partial charge in [0.15, 0.2) is 5.78 Å². The first-order valence-corrected chi connectivity index (χ1v) is 4.36. The molecule has 0 unspecified atom stereocenters. The van der Waals surface area contributed by atoms with Crippen molar-refractivity contribution in [2.45, 2.75) is 13.8 Å². The number of Topliss-reactive ketones (excluding diaryl/α,β-unsaturated/α-hetero) is 1. The standard InChI is InChI=1S/C11H11ClO/c1-7(2)11(13)10-5-4-9(12)6-8(10)3/h4-6H,1H2,2-3H3. The second kappa shape index (κ2) is 3.75. The molecule has 0 saturated carbocycles. The maximum atomic E-state index is 11.5. The van der Waals surface area contributed by atoms with Gasteiger partial charge in [0.05, 0.1) is 0 Å². The Kier molecular flexibility index (Phi) is 2.89. The Labute approximate surface area is 83.0 Å². The molecule has 0 radical (unpaired) electrons. The van der Waals surface area contributed by atoms with Crippen molar-refractivity contribution in [3.63, 3.8) is 0 Å². The molecule has 1 aromatic rings. The van der Waals surface area contributed by atoms with Crippen LogP contribution in [0.4, 0.5) is 0 Å². The van der Waals surface area contributed by atoms with E-state index >= 15 is 0 Å². The Bertz CT molecular complexity index is 366. The molecule has 0 aromatic heterocycles. The van der Waals surface area contributed by atoms with E-state index in [1.54, 1.807) is 25.1 Å². The number of hydrogen-bond donors (Lipinski definition) is 0. The van der Waals surface area contributed by atoms with Crippen molar-refractivity contribution in [1.29, 1.82) is 0 Å². The molecule has 0 heterocycles. The first-order chi connectivity index (χ1) is 6.02. The lowest BCUT2D eigenvalue weighted by atomic mass is 10.0. The van der Waals surface area contributed by atoms with E-state index in [1.165, 1.54) is 0 Å². The molecule has 13 heavy (non-hydrogen) atoms. The Balaban J connectivity index is 3.16. The van der Waals surface area contributed by atoms with E-state index in [4.69, 9.17) is 11.6 Å². The first kappa shape index (κ1) is 10.0. The van der Waals surface area contributed by atoms with Crippen molar-refractivity contribution in [1.82, 2.24) is 0 Å². The normalized spacial score (nSPS) is 9.77. The molecule has 2 heteroatoms. The van der Waals surface area contributed by atoms with Gasteiger partial charge in [-0.25, -0.2) is 0 Å². The van der Waals surface area contributed by atoms with Crippen LogP contribution < -0.4 is 0 Å². The predicted octanol–water partition coefficient (Wildman–Crippen LogP) is 3.41. The molecule has 0 spiro atoms. The second-order valence-corrected chi connectivity index (χ2v) is 3.51. The minimum Gasteiger partial charge on any atom is -0.289 e. The van der Waals surface area contributed by atoms with Crippen LogP contribution in [0.3, 0.4) is 0 Å². The fourth-order valence-electron chi connectivity index (χ4n) is 1.11. The van der Waals surface area contributed by atoms with E-state index in [0.29, 0.717) is 16.2 Å². The molecule has 1 aromatic carbocycles. The number of aryl methyl sites for hydroxylation is 1. The highest BCUT2D eigenvalue weighted by Gasteiger charge is 2.08. The number of hydrogen-bond acceptors (Lipinski definition) is 1. The van der Waals surface area contributed by atoms with Crippen molar-refractivity contribution in [2.24, 2.45) is 0 Å². The Morgan fingerprint density at radius 2 is 2.08 bits per heavy atom. The van der Waals surface area contributed by atoms with Crippen molar-refractivity contribution >= 4 is 17.4 Å². The lowest BCUT2D eigenvalue weighted by Gasteiger charge is -2.04. The van der Waals surface area contributed by atoms with Crippen LogP contribution in [0.25, 0.3) is 0 Å². The van der Waals surface area contributed by atoms with Crippen LogP contribution in [0.15, 0.2) is 30.4 Å². The lowest BCUT2D eigenvalue weighted by Crippen LogP contribution is -2.01.